The van der Waals surface area contributed by atoms with Gasteiger partial charge in [-0.25, -0.2) is 8.42 Å². The summed E-state index contributed by atoms with van der Waals surface area (Å²) in [5.74, 6) is -0.481. The number of hydrogen-bond acceptors (Lipinski definition) is 5. The van der Waals surface area contributed by atoms with E-state index in [-0.39, 0.29) is 4.90 Å². The summed E-state index contributed by atoms with van der Waals surface area (Å²) in [5.41, 5.74) is 4.70. The molecule has 0 aliphatic carbocycles. The zero-order valence-corrected chi connectivity index (χ0v) is 18.7. The van der Waals surface area contributed by atoms with Gasteiger partial charge < -0.3 is 5.32 Å². The molecule has 0 radical (unpaired) electrons. The summed E-state index contributed by atoms with van der Waals surface area (Å²) in [6.07, 6.45) is 0. The molecular formula is C23H23N5O3S. The van der Waals surface area contributed by atoms with Crippen LogP contribution in [0.5, 0.6) is 0 Å². The van der Waals surface area contributed by atoms with Crippen LogP contribution in [0, 0.1) is 13.8 Å². The standard InChI is InChI=1S/C23H23N5O3S/c1-15-4-9-19(10-5-15)28-25-21-13-8-18(14-22(21)26-28)24-23(29)17(3)27-32(30,31)20-11-6-16(2)7-12-20/h4-14,17,27H,1-3H3,(H,24,29)/t17-/m1/s1. The number of anilines is 1. The zero-order valence-electron chi connectivity index (χ0n) is 17.9. The van der Waals surface area contributed by atoms with Crippen molar-refractivity contribution in [2.45, 2.75) is 31.7 Å². The van der Waals surface area contributed by atoms with Gasteiger partial charge in [-0.15, -0.1) is 10.2 Å². The molecule has 164 valence electrons. The lowest BCUT2D eigenvalue weighted by Crippen LogP contribution is -2.41. The van der Waals surface area contributed by atoms with Gasteiger partial charge in [0.1, 0.15) is 11.0 Å². The Morgan fingerprint density at radius 2 is 1.47 bits per heavy atom. The minimum Gasteiger partial charge on any atom is -0.325 e. The van der Waals surface area contributed by atoms with Crippen LogP contribution in [0.3, 0.4) is 0 Å². The van der Waals surface area contributed by atoms with E-state index in [2.05, 4.69) is 20.2 Å². The topological polar surface area (TPSA) is 106 Å². The van der Waals surface area contributed by atoms with Crippen LogP contribution in [0.1, 0.15) is 18.1 Å². The number of carbonyl (C=O) groups excluding carboxylic acids is 1. The van der Waals surface area contributed by atoms with Crippen molar-refractivity contribution < 1.29 is 13.2 Å². The third-order valence-electron chi connectivity index (χ3n) is 4.97. The van der Waals surface area contributed by atoms with Crippen LogP contribution in [-0.2, 0) is 14.8 Å². The average Bonchev–Trinajstić information content (AvgIpc) is 3.17. The molecule has 0 aliphatic heterocycles. The maximum absolute atomic E-state index is 12.6. The van der Waals surface area contributed by atoms with E-state index in [0.29, 0.717) is 16.7 Å². The number of rotatable bonds is 6. The third kappa shape index (κ3) is 4.68. The molecule has 0 fully saturated rings. The number of carbonyl (C=O) groups is 1. The molecule has 2 N–H and O–H groups in total. The Morgan fingerprint density at radius 3 is 2.12 bits per heavy atom. The number of aromatic nitrogens is 3. The fourth-order valence-corrected chi connectivity index (χ4v) is 4.31. The number of sulfonamides is 1. The largest absolute Gasteiger partial charge is 0.325 e. The third-order valence-corrected chi connectivity index (χ3v) is 6.53. The van der Waals surface area contributed by atoms with Crippen molar-refractivity contribution in [1.82, 2.24) is 19.7 Å². The summed E-state index contributed by atoms with van der Waals surface area (Å²) in [5, 5.41) is 11.7. The first-order chi connectivity index (χ1) is 15.2. The van der Waals surface area contributed by atoms with Crippen molar-refractivity contribution in [3.63, 3.8) is 0 Å². The lowest BCUT2D eigenvalue weighted by Gasteiger charge is -2.14. The number of aryl methyl sites for hydroxylation is 2. The molecule has 3 aromatic carbocycles. The Labute approximate surface area is 186 Å². The van der Waals surface area contributed by atoms with E-state index in [9.17, 15) is 13.2 Å². The van der Waals surface area contributed by atoms with Gasteiger partial charge in [-0.1, -0.05) is 35.4 Å². The number of amides is 1. The summed E-state index contributed by atoms with van der Waals surface area (Å²) >= 11 is 0. The monoisotopic (exact) mass is 449 g/mol. The van der Waals surface area contributed by atoms with Gasteiger partial charge >= 0.3 is 0 Å². The van der Waals surface area contributed by atoms with Gasteiger partial charge in [-0.2, -0.15) is 9.52 Å². The number of nitrogens with one attached hydrogen (secondary N) is 2. The minimum absolute atomic E-state index is 0.108. The minimum atomic E-state index is -3.82. The fraction of sp³-hybridized carbons (Fsp3) is 0.174. The van der Waals surface area contributed by atoms with Crippen molar-refractivity contribution in [2.24, 2.45) is 0 Å². The fourth-order valence-electron chi connectivity index (χ4n) is 3.11. The summed E-state index contributed by atoms with van der Waals surface area (Å²) in [7, 11) is -3.82. The molecule has 0 bridgehead atoms. The van der Waals surface area contributed by atoms with Crippen molar-refractivity contribution in [3.8, 4) is 5.69 Å². The highest BCUT2D eigenvalue weighted by molar-refractivity contribution is 7.89. The van der Waals surface area contributed by atoms with Crippen LogP contribution in [0.2, 0.25) is 0 Å². The Balaban J connectivity index is 1.48. The Hall–Kier alpha value is -3.56. The summed E-state index contributed by atoms with van der Waals surface area (Å²) in [6.45, 7) is 5.37. The molecule has 1 heterocycles. The zero-order chi connectivity index (χ0) is 22.9. The molecule has 9 heteroatoms. The maximum atomic E-state index is 12.6. The first-order valence-corrected chi connectivity index (χ1v) is 11.5. The summed E-state index contributed by atoms with van der Waals surface area (Å²) in [4.78, 5) is 14.2. The molecule has 4 rings (SSSR count). The van der Waals surface area contributed by atoms with Crippen LogP contribution >= 0.6 is 0 Å². The van der Waals surface area contributed by atoms with E-state index >= 15 is 0 Å². The van der Waals surface area contributed by atoms with E-state index in [4.69, 9.17) is 0 Å². The van der Waals surface area contributed by atoms with Crippen LogP contribution in [0.15, 0.2) is 71.6 Å². The summed E-state index contributed by atoms with van der Waals surface area (Å²) < 4.78 is 27.5. The first kappa shape index (κ1) is 21.7. The predicted molar refractivity (Wildman–Crippen MR) is 123 cm³/mol. The molecule has 0 spiro atoms. The van der Waals surface area contributed by atoms with Crippen LogP contribution < -0.4 is 10.0 Å². The predicted octanol–water partition coefficient (Wildman–Crippen LogP) is 3.34. The second-order valence-electron chi connectivity index (χ2n) is 7.67. The molecule has 32 heavy (non-hydrogen) atoms. The van der Waals surface area contributed by atoms with E-state index in [1.807, 2.05) is 38.1 Å². The highest BCUT2D eigenvalue weighted by atomic mass is 32.2. The van der Waals surface area contributed by atoms with Crippen molar-refractivity contribution in [1.29, 1.82) is 0 Å². The van der Waals surface area contributed by atoms with Gasteiger partial charge in [0.2, 0.25) is 15.9 Å². The van der Waals surface area contributed by atoms with E-state index in [1.54, 1.807) is 30.3 Å². The van der Waals surface area contributed by atoms with E-state index < -0.39 is 22.0 Å². The molecule has 1 atom stereocenters. The molecule has 1 aromatic heterocycles. The van der Waals surface area contributed by atoms with Gasteiger partial charge in [0, 0.05) is 5.69 Å². The van der Waals surface area contributed by atoms with E-state index in [1.165, 1.54) is 23.9 Å². The molecule has 0 saturated carbocycles. The summed E-state index contributed by atoms with van der Waals surface area (Å²) in [6, 6.07) is 18.4. The molecule has 0 unspecified atom stereocenters. The first-order valence-electron chi connectivity index (χ1n) is 10.1. The normalized spacial score (nSPS) is 12.6. The van der Waals surface area contributed by atoms with Gasteiger partial charge in [-0.3, -0.25) is 4.79 Å². The van der Waals surface area contributed by atoms with Gasteiger partial charge in [-0.05, 0) is 63.2 Å². The number of hydrogen-bond donors (Lipinski definition) is 2. The second kappa shape index (κ2) is 8.52. The SMILES string of the molecule is Cc1ccc(-n2nc3ccc(NC(=O)[C@@H](C)NS(=O)(=O)c4ccc(C)cc4)cc3n2)cc1. The maximum Gasteiger partial charge on any atom is 0.242 e. The van der Waals surface area contributed by atoms with Gasteiger partial charge in [0.05, 0.1) is 16.6 Å². The average molecular weight is 450 g/mol. The van der Waals surface area contributed by atoms with Crippen LogP contribution in [-0.4, -0.2) is 35.4 Å². The number of nitrogens with zero attached hydrogens (tertiary/aromatic N) is 3. The Kier molecular flexibility index (Phi) is 5.77. The number of benzene rings is 3. The molecule has 0 aliphatic rings. The van der Waals surface area contributed by atoms with Crippen molar-refractivity contribution in [3.05, 3.63) is 77.9 Å². The van der Waals surface area contributed by atoms with Crippen LogP contribution in [0.4, 0.5) is 5.69 Å². The Bertz CT molecular complexity index is 1380. The second-order valence-corrected chi connectivity index (χ2v) is 9.39. The van der Waals surface area contributed by atoms with Crippen molar-refractivity contribution >= 4 is 32.7 Å². The molecular weight excluding hydrogens is 426 g/mol. The van der Waals surface area contributed by atoms with Crippen molar-refractivity contribution in [2.75, 3.05) is 5.32 Å². The lowest BCUT2D eigenvalue weighted by molar-refractivity contribution is -0.117. The molecule has 0 saturated heterocycles. The molecule has 8 nitrogen and oxygen atoms in total. The smallest absolute Gasteiger partial charge is 0.242 e. The molecule has 1 amide bonds. The van der Waals surface area contributed by atoms with Gasteiger partial charge in [0.15, 0.2) is 0 Å². The molecule has 4 aromatic rings. The quantitative estimate of drug-likeness (QED) is 0.470. The number of fused-ring (bicyclic) bond motifs is 1. The van der Waals surface area contributed by atoms with Gasteiger partial charge in [0.25, 0.3) is 0 Å². The Morgan fingerprint density at radius 1 is 0.875 bits per heavy atom. The lowest BCUT2D eigenvalue weighted by atomic mass is 10.2. The van der Waals surface area contributed by atoms with Crippen LogP contribution in [0.25, 0.3) is 16.7 Å². The highest BCUT2D eigenvalue weighted by Crippen LogP contribution is 2.18. The highest BCUT2D eigenvalue weighted by Gasteiger charge is 2.22. The van der Waals surface area contributed by atoms with E-state index in [0.717, 1.165) is 16.8 Å².